The van der Waals surface area contributed by atoms with Crippen molar-refractivity contribution in [3.05, 3.63) is 29.8 Å². The molecule has 2 saturated heterocycles. The average Bonchev–Trinajstić information content (AvgIpc) is 3.03. The molecule has 2 heterocycles. The minimum Gasteiger partial charge on any atom is -0.343 e. The van der Waals surface area contributed by atoms with Crippen LogP contribution >= 0.6 is 0 Å². The molecule has 0 bridgehead atoms. The van der Waals surface area contributed by atoms with Crippen molar-refractivity contribution in [3.8, 4) is 0 Å². The van der Waals surface area contributed by atoms with Gasteiger partial charge in [0.1, 0.15) is 0 Å². The van der Waals surface area contributed by atoms with Crippen molar-refractivity contribution < 1.29 is 9.59 Å². The first-order chi connectivity index (χ1) is 12.2. The molecule has 2 amide bonds. The van der Waals surface area contributed by atoms with Crippen LogP contribution in [0.15, 0.2) is 24.3 Å². The van der Waals surface area contributed by atoms with Crippen LogP contribution < -0.4 is 5.32 Å². The Morgan fingerprint density at radius 1 is 1.04 bits per heavy atom. The van der Waals surface area contributed by atoms with Crippen LogP contribution in [0.4, 0.5) is 5.69 Å². The Kier molecular flexibility index (Phi) is 6.45. The van der Waals surface area contributed by atoms with Crippen molar-refractivity contribution in [2.75, 3.05) is 31.5 Å². The van der Waals surface area contributed by atoms with Crippen molar-refractivity contribution in [2.24, 2.45) is 0 Å². The third-order valence-corrected chi connectivity index (χ3v) is 5.14. The highest BCUT2D eigenvalue weighted by molar-refractivity contribution is 5.91. The maximum Gasteiger partial charge on any atom is 0.224 e. The molecular formula is C20H29N3O2. The zero-order valence-electron chi connectivity index (χ0n) is 15.0. The molecule has 5 heteroatoms. The van der Waals surface area contributed by atoms with Crippen LogP contribution in [0.3, 0.4) is 0 Å². The van der Waals surface area contributed by atoms with Gasteiger partial charge in [-0.1, -0.05) is 24.6 Å². The number of nitrogens with zero attached hydrogens (tertiary/aromatic N) is 2. The lowest BCUT2D eigenvalue weighted by atomic mass is 10.1. The summed E-state index contributed by atoms with van der Waals surface area (Å²) in [6.45, 7) is 4.73. The van der Waals surface area contributed by atoms with Gasteiger partial charge in [0, 0.05) is 38.2 Å². The number of benzene rings is 1. The number of hydrogen-bond acceptors (Lipinski definition) is 3. The van der Waals surface area contributed by atoms with E-state index in [4.69, 9.17) is 0 Å². The smallest absolute Gasteiger partial charge is 0.224 e. The van der Waals surface area contributed by atoms with E-state index in [-0.39, 0.29) is 11.8 Å². The molecule has 0 aromatic heterocycles. The number of carbonyl (C=O) groups excluding carboxylic acids is 2. The second kappa shape index (κ2) is 8.99. The van der Waals surface area contributed by atoms with E-state index in [1.165, 1.54) is 24.8 Å². The summed E-state index contributed by atoms with van der Waals surface area (Å²) in [5, 5.41) is 3.07. The molecule has 5 nitrogen and oxygen atoms in total. The molecule has 1 aromatic carbocycles. The summed E-state index contributed by atoms with van der Waals surface area (Å²) in [5.41, 5.74) is 2.11. The molecule has 2 aliphatic heterocycles. The first-order valence-electron chi connectivity index (χ1n) is 9.60. The predicted octanol–water partition coefficient (Wildman–Crippen LogP) is 3.01. The Labute approximate surface area is 150 Å². The van der Waals surface area contributed by atoms with Crippen molar-refractivity contribution in [1.29, 1.82) is 0 Å². The highest BCUT2D eigenvalue weighted by atomic mass is 16.2. The topological polar surface area (TPSA) is 52.7 Å². The molecule has 0 saturated carbocycles. The van der Waals surface area contributed by atoms with Gasteiger partial charge < -0.3 is 10.2 Å². The molecule has 0 aliphatic carbocycles. The minimum absolute atomic E-state index is 0.0396. The molecule has 2 aliphatic rings. The van der Waals surface area contributed by atoms with Gasteiger partial charge in [0.2, 0.25) is 11.8 Å². The van der Waals surface area contributed by atoms with Gasteiger partial charge in [-0.15, -0.1) is 0 Å². The Balaban J connectivity index is 1.48. The second-order valence-corrected chi connectivity index (χ2v) is 7.13. The fourth-order valence-electron chi connectivity index (χ4n) is 3.72. The van der Waals surface area contributed by atoms with Gasteiger partial charge in [-0.25, -0.2) is 0 Å². The lowest BCUT2D eigenvalue weighted by molar-refractivity contribution is -0.128. The molecule has 1 N–H and O–H groups in total. The van der Waals surface area contributed by atoms with Crippen molar-refractivity contribution in [2.45, 2.75) is 51.5 Å². The number of piperidine rings is 1. The lowest BCUT2D eigenvalue weighted by Gasteiger charge is -2.27. The van der Waals surface area contributed by atoms with Gasteiger partial charge in [-0.2, -0.15) is 0 Å². The van der Waals surface area contributed by atoms with E-state index in [0.29, 0.717) is 19.4 Å². The molecule has 0 atom stereocenters. The van der Waals surface area contributed by atoms with Gasteiger partial charge in [0.05, 0.1) is 0 Å². The predicted molar refractivity (Wildman–Crippen MR) is 99.2 cm³/mol. The first-order valence-corrected chi connectivity index (χ1v) is 9.60. The van der Waals surface area contributed by atoms with Crippen LogP contribution in [-0.2, 0) is 16.1 Å². The lowest BCUT2D eigenvalue weighted by Crippen LogP contribution is -2.29. The SMILES string of the molecule is O=C(CCCN1CCCC1=O)Nc1ccccc1CN1CCCCC1. The average molecular weight is 343 g/mol. The summed E-state index contributed by atoms with van der Waals surface area (Å²) < 4.78 is 0. The number of anilines is 1. The van der Waals surface area contributed by atoms with Crippen molar-refractivity contribution in [3.63, 3.8) is 0 Å². The van der Waals surface area contributed by atoms with Gasteiger partial charge in [0.15, 0.2) is 0 Å². The normalized spacial score (nSPS) is 18.6. The molecule has 0 radical (unpaired) electrons. The number of nitrogens with one attached hydrogen (secondary N) is 1. The van der Waals surface area contributed by atoms with Gasteiger partial charge in [-0.3, -0.25) is 14.5 Å². The van der Waals surface area contributed by atoms with Crippen molar-refractivity contribution >= 4 is 17.5 Å². The summed E-state index contributed by atoms with van der Waals surface area (Å²) in [5.74, 6) is 0.269. The first kappa shape index (κ1) is 17.9. The summed E-state index contributed by atoms with van der Waals surface area (Å²) in [4.78, 5) is 28.2. The van der Waals surface area contributed by atoms with Gasteiger partial charge in [-0.05, 0) is 50.4 Å². The van der Waals surface area contributed by atoms with Crippen LogP contribution in [-0.4, -0.2) is 47.8 Å². The largest absolute Gasteiger partial charge is 0.343 e. The Morgan fingerprint density at radius 3 is 2.60 bits per heavy atom. The number of para-hydroxylation sites is 1. The van der Waals surface area contributed by atoms with Crippen LogP contribution in [0.2, 0.25) is 0 Å². The van der Waals surface area contributed by atoms with E-state index in [1.807, 2.05) is 23.1 Å². The highest BCUT2D eigenvalue weighted by Crippen LogP contribution is 2.20. The molecular weight excluding hydrogens is 314 g/mol. The van der Waals surface area contributed by atoms with E-state index in [0.717, 1.165) is 44.7 Å². The van der Waals surface area contributed by atoms with Gasteiger partial charge >= 0.3 is 0 Å². The summed E-state index contributed by atoms with van der Waals surface area (Å²) in [6, 6.07) is 8.10. The molecule has 3 rings (SSSR count). The second-order valence-electron chi connectivity index (χ2n) is 7.13. The number of likely N-dealkylation sites (tertiary alicyclic amines) is 2. The van der Waals surface area contributed by atoms with E-state index in [9.17, 15) is 9.59 Å². The molecule has 0 spiro atoms. The number of rotatable bonds is 7. The Hall–Kier alpha value is -1.88. The standard InChI is InChI=1S/C20H29N3O2/c24-19(10-6-14-23-15-7-11-20(23)25)21-18-9-3-2-8-17(18)16-22-12-4-1-5-13-22/h2-3,8-9H,1,4-7,10-16H2,(H,21,24). The zero-order valence-corrected chi connectivity index (χ0v) is 15.0. The third kappa shape index (κ3) is 5.30. The Bertz CT molecular complexity index is 596. The van der Waals surface area contributed by atoms with Crippen LogP contribution in [0.1, 0.15) is 50.5 Å². The third-order valence-electron chi connectivity index (χ3n) is 5.14. The highest BCUT2D eigenvalue weighted by Gasteiger charge is 2.19. The monoisotopic (exact) mass is 343 g/mol. The maximum absolute atomic E-state index is 12.3. The van der Waals surface area contributed by atoms with E-state index in [1.54, 1.807) is 0 Å². The maximum atomic E-state index is 12.3. The van der Waals surface area contributed by atoms with E-state index >= 15 is 0 Å². The van der Waals surface area contributed by atoms with Crippen molar-refractivity contribution in [1.82, 2.24) is 9.80 Å². The molecule has 0 unspecified atom stereocenters. The molecule has 2 fully saturated rings. The quantitative estimate of drug-likeness (QED) is 0.828. The number of hydrogen-bond donors (Lipinski definition) is 1. The number of amides is 2. The van der Waals surface area contributed by atoms with Crippen LogP contribution in [0.5, 0.6) is 0 Å². The zero-order chi connectivity index (χ0) is 17.5. The van der Waals surface area contributed by atoms with Crippen LogP contribution in [0.25, 0.3) is 0 Å². The minimum atomic E-state index is 0.0396. The summed E-state index contributed by atoms with van der Waals surface area (Å²) >= 11 is 0. The van der Waals surface area contributed by atoms with Gasteiger partial charge in [0.25, 0.3) is 0 Å². The molecule has 136 valence electrons. The summed E-state index contributed by atoms with van der Waals surface area (Å²) in [6.07, 6.45) is 6.67. The molecule has 1 aromatic rings. The summed E-state index contributed by atoms with van der Waals surface area (Å²) in [7, 11) is 0. The fraction of sp³-hybridized carbons (Fsp3) is 0.600. The molecule has 25 heavy (non-hydrogen) atoms. The Morgan fingerprint density at radius 2 is 1.84 bits per heavy atom. The van der Waals surface area contributed by atoms with E-state index in [2.05, 4.69) is 16.3 Å². The van der Waals surface area contributed by atoms with Crippen LogP contribution in [0, 0.1) is 0 Å². The van der Waals surface area contributed by atoms with E-state index < -0.39 is 0 Å². The number of carbonyl (C=O) groups is 2. The fourth-order valence-corrected chi connectivity index (χ4v) is 3.72.